The van der Waals surface area contributed by atoms with Crippen LogP contribution >= 0.6 is 0 Å². The Morgan fingerprint density at radius 1 is 1.11 bits per heavy atom. The lowest BCUT2D eigenvalue weighted by Crippen LogP contribution is -2.21. The summed E-state index contributed by atoms with van der Waals surface area (Å²) < 4.78 is 33.2. The van der Waals surface area contributed by atoms with Gasteiger partial charge in [-0.15, -0.1) is 0 Å². The highest BCUT2D eigenvalue weighted by atomic mass is 19.4. The molecule has 5 N–H and O–H groups in total. The van der Waals surface area contributed by atoms with Gasteiger partial charge in [0, 0.05) is 17.3 Å². The Labute approximate surface area is 155 Å². The van der Waals surface area contributed by atoms with Crippen LogP contribution in [0.15, 0.2) is 30.3 Å². The number of aromatic hydroxyl groups is 1. The zero-order valence-electron chi connectivity index (χ0n) is 14.3. The molecule has 3 aromatic rings. The number of phenolic OH excluding ortho intramolecular Hbond substituents is 1. The SMILES string of the molecule is NCCCn1nc2c(ccc3cc(O)ccc32)c1C(=O)O.O=C(O)C(F)(F)F. The van der Waals surface area contributed by atoms with Crippen LogP contribution < -0.4 is 5.73 Å². The first kappa shape index (κ1) is 21.0. The number of alkyl halides is 3. The van der Waals surface area contributed by atoms with Gasteiger partial charge < -0.3 is 21.1 Å². The van der Waals surface area contributed by atoms with Gasteiger partial charge in [0.15, 0.2) is 5.69 Å². The number of nitrogens with two attached hydrogens (primary N) is 1. The average Bonchev–Trinajstić information content (AvgIpc) is 2.98. The Morgan fingerprint density at radius 3 is 2.25 bits per heavy atom. The minimum atomic E-state index is -5.08. The number of aryl methyl sites for hydroxylation is 1. The van der Waals surface area contributed by atoms with Crippen molar-refractivity contribution >= 4 is 33.6 Å². The van der Waals surface area contributed by atoms with Gasteiger partial charge in [0.25, 0.3) is 0 Å². The lowest BCUT2D eigenvalue weighted by Gasteiger charge is -2.02. The fraction of sp³-hybridized carbons (Fsp3) is 0.235. The van der Waals surface area contributed by atoms with Crippen molar-refractivity contribution in [2.24, 2.45) is 5.73 Å². The van der Waals surface area contributed by atoms with Gasteiger partial charge in [0.1, 0.15) is 11.3 Å². The highest BCUT2D eigenvalue weighted by Crippen LogP contribution is 2.29. The largest absolute Gasteiger partial charge is 0.508 e. The minimum absolute atomic E-state index is 0.169. The molecule has 0 saturated heterocycles. The Kier molecular flexibility index (Phi) is 6.09. The Hall–Kier alpha value is -3.34. The van der Waals surface area contributed by atoms with Crippen molar-refractivity contribution in [1.82, 2.24) is 9.78 Å². The van der Waals surface area contributed by atoms with E-state index in [0.717, 1.165) is 10.8 Å². The van der Waals surface area contributed by atoms with Crippen LogP contribution in [0.3, 0.4) is 0 Å². The van der Waals surface area contributed by atoms with Gasteiger partial charge in [-0.1, -0.05) is 6.07 Å². The second-order valence-corrected chi connectivity index (χ2v) is 5.69. The van der Waals surface area contributed by atoms with Crippen molar-refractivity contribution in [2.75, 3.05) is 6.54 Å². The molecular formula is C17H16F3N3O5. The first-order chi connectivity index (χ1) is 13.1. The summed E-state index contributed by atoms with van der Waals surface area (Å²) in [7, 11) is 0. The predicted molar refractivity (Wildman–Crippen MR) is 93.2 cm³/mol. The summed E-state index contributed by atoms with van der Waals surface area (Å²) in [6, 6.07) is 8.47. The molecule has 1 aromatic heterocycles. The first-order valence-corrected chi connectivity index (χ1v) is 7.92. The maximum Gasteiger partial charge on any atom is 0.490 e. The summed E-state index contributed by atoms with van der Waals surface area (Å²) in [4.78, 5) is 20.4. The molecule has 0 radical (unpaired) electrons. The molecular weight excluding hydrogens is 383 g/mol. The molecule has 0 atom stereocenters. The van der Waals surface area contributed by atoms with Gasteiger partial charge in [-0.2, -0.15) is 18.3 Å². The maximum atomic E-state index is 11.5. The van der Waals surface area contributed by atoms with E-state index in [-0.39, 0.29) is 11.4 Å². The summed E-state index contributed by atoms with van der Waals surface area (Å²) in [5, 5.41) is 32.8. The Balaban J connectivity index is 0.000000345. The number of aromatic nitrogens is 2. The molecule has 0 saturated carbocycles. The van der Waals surface area contributed by atoms with Crippen LogP contribution in [0.1, 0.15) is 16.9 Å². The van der Waals surface area contributed by atoms with Crippen molar-refractivity contribution in [1.29, 1.82) is 0 Å². The molecule has 0 amide bonds. The Morgan fingerprint density at radius 2 is 1.71 bits per heavy atom. The number of hydrogen-bond donors (Lipinski definition) is 4. The fourth-order valence-electron chi connectivity index (χ4n) is 2.54. The summed E-state index contributed by atoms with van der Waals surface area (Å²) in [6.07, 6.45) is -4.42. The maximum absolute atomic E-state index is 11.5. The quantitative estimate of drug-likeness (QED) is 0.529. The Bertz CT molecular complexity index is 1030. The molecule has 0 aliphatic heterocycles. The van der Waals surface area contributed by atoms with Crippen molar-refractivity contribution in [2.45, 2.75) is 19.1 Å². The van der Waals surface area contributed by atoms with E-state index >= 15 is 0 Å². The van der Waals surface area contributed by atoms with Gasteiger partial charge in [-0.25, -0.2) is 9.59 Å². The van der Waals surface area contributed by atoms with E-state index in [0.29, 0.717) is 30.4 Å². The number of aliphatic carboxylic acids is 1. The number of hydrogen-bond acceptors (Lipinski definition) is 5. The average molecular weight is 399 g/mol. The van der Waals surface area contributed by atoms with Crippen LogP contribution in [-0.4, -0.2) is 49.8 Å². The topological polar surface area (TPSA) is 139 Å². The molecule has 0 aliphatic carbocycles. The third-order valence-electron chi connectivity index (χ3n) is 3.73. The lowest BCUT2D eigenvalue weighted by atomic mass is 10.1. The van der Waals surface area contributed by atoms with Gasteiger partial charge in [0.05, 0.1) is 0 Å². The number of carboxylic acids is 2. The predicted octanol–water partition coefficient (Wildman–Crippen LogP) is 2.58. The van der Waals surface area contributed by atoms with Crippen LogP contribution in [0.4, 0.5) is 13.2 Å². The standard InChI is InChI=1S/C15H15N3O3.C2HF3O2/c16-6-1-7-18-14(15(20)21)12-4-2-9-8-10(19)3-5-11(9)13(12)17-18;3-2(4,5)1(6)7/h2-5,8,19H,1,6-7,16H2,(H,20,21);(H,6,7). The second-order valence-electron chi connectivity index (χ2n) is 5.69. The molecule has 11 heteroatoms. The lowest BCUT2D eigenvalue weighted by molar-refractivity contribution is -0.192. The number of rotatable bonds is 4. The van der Waals surface area contributed by atoms with Crippen LogP contribution in [0.25, 0.3) is 21.7 Å². The molecule has 1 heterocycles. The summed E-state index contributed by atoms with van der Waals surface area (Å²) in [5.41, 5.74) is 6.29. The monoisotopic (exact) mass is 399 g/mol. The highest BCUT2D eigenvalue weighted by molar-refractivity contribution is 6.11. The zero-order chi connectivity index (χ0) is 21.1. The van der Waals surface area contributed by atoms with E-state index in [1.807, 2.05) is 0 Å². The minimum Gasteiger partial charge on any atom is -0.508 e. The first-order valence-electron chi connectivity index (χ1n) is 7.92. The molecule has 0 fully saturated rings. The van der Waals surface area contributed by atoms with E-state index in [1.54, 1.807) is 30.3 Å². The summed E-state index contributed by atoms with van der Waals surface area (Å²) in [5.74, 6) is -3.59. The van der Waals surface area contributed by atoms with Gasteiger partial charge in [-0.05, 0) is 42.6 Å². The van der Waals surface area contributed by atoms with Crippen molar-refractivity contribution in [3.05, 3.63) is 36.0 Å². The number of aromatic carboxylic acids is 1. The van der Waals surface area contributed by atoms with Crippen molar-refractivity contribution in [3.63, 3.8) is 0 Å². The molecule has 2 aromatic carbocycles. The van der Waals surface area contributed by atoms with Crippen LogP contribution in [-0.2, 0) is 11.3 Å². The van der Waals surface area contributed by atoms with Gasteiger partial charge in [0.2, 0.25) is 0 Å². The molecule has 0 aliphatic rings. The fourth-order valence-corrected chi connectivity index (χ4v) is 2.54. The number of halogens is 3. The van der Waals surface area contributed by atoms with E-state index < -0.39 is 18.1 Å². The molecule has 0 bridgehead atoms. The highest BCUT2D eigenvalue weighted by Gasteiger charge is 2.38. The molecule has 3 rings (SSSR count). The normalized spacial score (nSPS) is 11.3. The molecule has 8 nitrogen and oxygen atoms in total. The van der Waals surface area contributed by atoms with Gasteiger partial charge >= 0.3 is 18.1 Å². The third-order valence-corrected chi connectivity index (χ3v) is 3.73. The number of benzene rings is 2. The third kappa shape index (κ3) is 4.49. The van der Waals surface area contributed by atoms with Crippen LogP contribution in [0.5, 0.6) is 5.75 Å². The molecule has 0 spiro atoms. The van der Waals surface area contributed by atoms with E-state index in [9.17, 15) is 28.2 Å². The van der Waals surface area contributed by atoms with Crippen LogP contribution in [0.2, 0.25) is 0 Å². The van der Waals surface area contributed by atoms with Crippen molar-refractivity contribution in [3.8, 4) is 5.75 Å². The zero-order valence-corrected chi connectivity index (χ0v) is 14.3. The number of nitrogens with zero attached hydrogens (tertiary/aromatic N) is 2. The number of carboxylic acid groups (broad SMARTS) is 2. The van der Waals surface area contributed by atoms with Gasteiger partial charge in [-0.3, -0.25) is 4.68 Å². The number of phenols is 1. The van der Waals surface area contributed by atoms with Crippen molar-refractivity contribution < 1.29 is 38.1 Å². The summed E-state index contributed by atoms with van der Waals surface area (Å²) in [6.45, 7) is 0.941. The van der Waals surface area contributed by atoms with Crippen LogP contribution in [0, 0.1) is 0 Å². The van der Waals surface area contributed by atoms with E-state index in [4.69, 9.17) is 15.6 Å². The number of carbonyl (C=O) groups is 2. The molecule has 28 heavy (non-hydrogen) atoms. The molecule has 0 unspecified atom stereocenters. The van der Waals surface area contributed by atoms with E-state index in [1.165, 1.54) is 4.68 Å². The number of fused-ring (bicyclic) bond motifs is 3. The second kappa shape index (κ2) is 8.13. The smallest absolute Gasteiger partial charge is 0.490 e. The molecule has 150 valence electrons. The van der Waals surface area contributed by atoms with E-state index in [2.05, 4.69) is 5.10 Å². The summed E-state index contributed by atoms with van der Waals surface area (Å²) >= 11 is 0.